The molecule has 4 aromatic rings. The molecular formula is C31H23Zr-. The van der Waals surface area contributed by atoms with Crippen LogP contribution in [0.15, 0.2) is 115 Å². The van der Waals surface area contributed by atoms with Gasteiger partial charge in [0.25, 0.3) is 0 Å². The van der Waals surface area contributed by atoms with Crippen molar-refractivity contribution in [2.45, 2.75) is 12.8 Å². The Bertz CT molecular complexity index is 1270. The van der Waals surface area contributed by atoms with Crippen LogP contribution in [0.4, 0.5) is 0 Å². The third kappa shape index (κ3) is 4.50. The van der Waals surface area contributed by atoms with Crippen LogP contribution in [0.1, 0.15) is 34.2 Å². The summed E-state index contributed by atoms with van der Waals surface area (Å²) in [7, 11) is 0. The zero-order valence-corrected chi connectivity index (χ0v) is 20.3. The molecule has 0 saturated heterocycles. The Labute approximate surface area is 205 Å². The average molecular weight is 487 g/mol. The van der Waals surface area contributed by atoms with Crippen LogP contribution in [0.5, 0.6) is 0 Å². The number of benzene rings is 4. The number of allylic oxidation sites excluding steroid dienone is 4. The van der Waals surface area contributed by atoms with Gasteiger partial charge in [-0.1, -0.05) is 47.5 Å². The zero-order chi connectivity index (χ0) is 21.8. The van der Waals surface area contributed by atoms with Crippen molar-refractivity contribution < 1.29 is 24.2 Å². The quantitative estimate of drug-likeness (QED) is 0.237. The van der Waals surface area contributed by atoms with Gasteiger partial charge in [-0.15, -0.1) is 41.0 Å². The summed E-state index contributed by atoms with van der Waals surface area (Å²) in [4.78, 5) is 0. The predicted octanol–water partition coefficient (Wildman–Crippen LogP) is 7.20. The second-order valence-corrected chi connectivity index (χ2v) is 9.26. The maximum Gasteiger partial charge on any atom is -0.0195 e. The van der Waals surface area contributed by atoms with Crippen LogP contribution in [-0.4, -0.2) is 3.21 Å². The molecule has 0 atom stereocenters. The molecular weight excluding hydrogens is 464 g/mol. The first-order valence-electron chi connectivity index (χ1n) is 11.0. The van der Waals surface area contributed by atoms with Crippen LogP contribution in [0.2, 0.25) is 0 Å². The Kier molecular flexibility index (Phi) is 6.37. The van der Waals surface area contributed by atoms with Gasteiger partial charge in [-0.3, -0.25) is 0 Å². The summed E-state index contributed by atoms with van der Waals surface area (Å²) in [5.41, 5.74) is 10.8. The second-order valence-electron chi connectivity index (χ2n) is 8.03. The monoisotopic (exact) mass is 485 g/mol. The Morgan fingerprint density at radius 3 is 2.00 bits per heavy atom. The van der Waals surface area contributed by atoms with Crippen LogP contribution >= 0.6 is 0 Å². The number of fused-ring (bicyclic) bond motifs is 3. The molecule has 0 spiro atoms. The van der Waals surface area contributed by atoms with Crippen LogP contribution in [0, 0.1) is 6.07 Å². The van der Waals surface area contributed by atoms with Gasteiger partial charge in [0.15, 0.2) is 0 Å². The Hall–Kier alpha value is -2.89. The number of rotatable bonds is 3. The summed E-state index contributed by atoms with van der Waals surface area (Å²) in [6.45, 7) is 0. The van der Waals surface area contributed by atoms with Crippen LogP contribution in [0.3, 0.4) is 0 Å². The summed E-state index contributed by atoms with van der Waals surface area (Å²) < 4.78 is 1.42. The van der Waals surface area contributed by atoms with Crippen molar-refractivity contribution in [1.82, 2.24) is 0 Å². The smallest absolute Gasteiger partial charge is 0.0195 e. The van der Waals surface area contributed by atoms with E-state index in [1.54, 1.807) is 0 Å². The minimum Gasteiger partial charge on any atom is -0.147 e. The average Bonchev–Trinajstić information content (AvgIpc) is 3.53. The van der Waals surface area contributed by atoms with Gasteiger partial charge in [0.2, 0.25) is 0 Å². The van der Waals surface area contributed by atoms with Crippen LogP contribution < -0.4 is 0 Å². The number of hydrogen-bond acceptors (Lipinski definition) is 0. The standard InChI is InChI=1S/C18H13.C13H10.Zr/c1-2-6-13(5-1)14-9-10-18-16(11-14)12-15-7-3-4-8-17(15)18;1-3-7-12(8-4-1)11-13-9-5-2-6-10-13;/h1-5,7-10H,6,12H2;1-10H;/q-1;;. The van der Waals surface area contributed by atoms with E-state index in [0.717, 1.165) is 12.8 Å². The van der Waals surface area contributed by atoms with E-state index < -0.39 is 0 Å². The molecule has 0 fully saturated rings. The third-order valence-electron chi connectivity index (χ3n) is 5.94. The van der Waals surface area contributed by atoms with E-state index in [2.05, 4.69) is 121 Å². The molecule has 0 N–H and O–H groups in total. The summed E-state index contributed by atoms with van der Waals surface area (Å²) in [6, 6.07) is 37.8. The van der Waals surface area contributed by atoms with Crippen molar-refractivity contribution in [3.05, 3.63) is 149 Å². The first-order chi connectivity index (χ1) is 15.8. The van der Waals surface area contributed by atoms with Crippen molar-refractivity contribution in [1.29, 1.82) is 0 Å². The topological polar surface area (TPSA) is 0 Å². The van der Waals surface area contributed by atoms with Crippen molar-refractivity contribution >= 4 is 8.78 Å². The summed E-state index contributed by atoms with van der Waals surface area (Å²) in [5, 5.41) is 0. The van der Waals surface area contributed by atoms with E-state index in [-0.39, 0.29) is 0 Å². The van der Waals surface area contributed by atoms with Gasteiger partial charge in [0.05, 0.1) is 0 Å². The van der Waals surface area contributed by atoms with Crippen molar-refractivity contribution in [2.75, 3.05) is 0 Å². The first-order valence-corrected chi connectivity index (χ1v) is 12.2. The van der Waals surface area contributed by atoms with E-state index in [1.165, 1.54) is 72.0 Å². The fourth-order valence-corrected chi connectivity index (χ4v) is 5.09. The van der Waals surface area contributed by atoms with Crippen LogP contribution in [-0.2, 0) is 30.7 Å². The normalized spacial score (nSPS) is 12.9. The molecule has 152 valence electrons. The van der Waals surface area contributed by atoms with Crippen molar-refractivity contribution in [2.24, 2.45) is 0 Å². The largest absolute Gasteiger partial charge is 0.147 e. The molecule has 0 radical (unpaired) electrons. The molecule has 0 unspecified atom stereocenters. The summed E-state index contributed by atoms with van der Waals surface area (Å²) in [5.74, 6) is 0. The fraction of sp³-hybridized carbons (Fsp3) is 0.0645. The van der Waals surface area contributed by atoms with E-state index in [1.807, 2.05) is 0 Å². The van der Waals surface area contributed by atoms with Crippen molar-refractivity contribution in [3.8, 4) is 11.1 Å². The molecule has 0 nitrogen and oxygen atoms in total. The molecule has 0 bridgehead atoms. The van der Waals surface area contributed by atoms with Gasteiger partial charge in [-0.2, -0.15) is 0 Å². The van der Waals surface area contributed by atoms with E-state index in [9.17, 15) is 0 Å². The minimum absolute atomic E-state index is 1.03. The first kappa shape index (κ1) is 21.0. The molecule has 0 amide bonds. The van der Waals surface area contributed by atoms with Gasteiger partial charge in [0, 0.05) is 0 Å². The molecule has 0 heterocycles. The molecule has 0 aliphatic heterocycles. The van der Waals surface area contributed by atoms with E-state index in [4.69, 9.17) is 0 Å². The Morgan fingerprint density at radius 2 is 1.34 bits per heavy atom. The third-order valence-corrected chi connectivity index (χ3v) is 7.36. The Balaban J connectivity index is 0.000000140. The maximum atomic E-state index is 3.61. The van der Waals surface area contributed by atoms with E-state index in [0.29, 0.717) is 0 Å². The summed E-state index contributed by atoms with van der Waals surface area (Å²) in [6.07, 6.45) is 8.60. The Morgan fingerprint density at radius 1 is 0.688 bits per heavy atom. The SMILES string of the molecule is [Zr]=[C](c1ccccc1)c1ccccc1.[c-]1c(C2=CC=CC2)ccc2c1Cc1ccccc1-2. The fourth-order valence-electron chi connectivity index (χ4n) is 4.27. The van der Waals surface area contributed by atoms with Gasteiger partial charge in [-0.25, -0.2) is 0 Å². The maximum absolute atomic E-state index is 3.61. The van der Waals surface area contributed by atoms with Gasteiger partial charge in [0.1, 0.15) is 0 Å². The molecule has 32 heavy (non-hydrogen) atoms. The summed E-state index contributed by atoms with van der Waals surface area (Å²) >= 11 is 1.46. The predicted molar refractivity (Wildman–Crippen MR) is 131 cm³/mol. The van der Waals surface area contributed by atoms with E-state index >= 15 is 0 Å². The molecule has 4 aromatic carbocycles. The van der Waals surface area contributed by atoms with Gasteiger partial charge in [-0.05, 0) is 18.4 Å². The molecule has 0 aromatic heterocycles. The minimum atomic E-state index is 1.03. The molecule has 6 rings (SSSR count). The van der Waals surface area contributed by atoms with Crippen molar-refractivity contribution in [3.63, 3.8) is 0 Å². The molecule has 2 aliphatic carbocycles. The zero-order valence-electron chi connectivity index (χ0n) is 17.9. The van der Waals surface area contributed by atoms with Crippen LogP contribution in [0.25, 0.3) is 16.7 Å². The molecule has 0 saturated carbocycles. The molecule has 1 heteroatoms. The molecule has 2 aliphatic rings. The number of hydrogen-bond donors (Lipinski definition) is 0. The van der Waals surface area contributed by atoms with Gasteiger partial charge < -0.3 is 0 Å². The van der Waals surface area contributed by atoms with Gasteiger partial charge >= 0.3 is 99.2 Å². The second kappa shape index (κ2) is 9.72.